The van der Waals surface area contributed by atoms with Gasteiger partial charge in [0.1, 0.15) is 0 Å². The number of benzene rings is 1. The van der Waals surface area contributed by atoms with E-state index in [9.17, 15) is 4.21 Å². The molecule has 0 amide bonds. The predicted octanol–water partition coefficient (Wildman–Crippen LogP) is 3.46. The fourth-order valence-corrected chi connectivity index (χ4v) is 3.06. The standard InChI is InChI=1S/C12H15IN2OS2/c1-8(18(2)16)5-6-15-11-4-3-9(13)7-10(11)14-12(15)17/h3-4,7-8H,5-6H2,1-2H3,(H,14,17). The number of aromatic amines is 1. The summed E-state index contributed by atoms with van der Waals surface area (Å²) in [5.41, 5.74) is 2.19. The van der Waals surface area contributed by atoms with Gasteiger partial charge >= 0.3 is 0 Å². The summed E-state index contributed by atoms with van der Waals surface area (Å²) in [5, 5.41) is 0.195. The van der Waals surface area contributed by atoms with Crippen LogP contribution in [0.1, 0.15) is 13.3 Å². The molecule has 98 valence electrons. The third kappa shape index (κ3) is 3.03. The molecule has 6 heteroatoms. The highest BCUT2D eigenvalue weighted by molar-refractivity contribution is 14.1. The normalized spacial score (nSPS) is 14.8. The van der Waals surface area contributed by atoms with Crippen molar-refractivity contribution < 1.29 is 4.21 Å². The summed E-state index contributed by atoms with van der Waals surface area (Å²) in [6.07, 6.45) is 2.62. The molecule has 0 aliphatic heterocycles. The molecule has 0 bridgehead atoms. The lowest BCUT2D eigenvalue weighted by molar-refractivity contribution is 0.625. The molecule has 2 rings (SSSR count). The first kappa shape index (κ1) is 14.2. The Labute approximate surface area is 128 Å². The van der Waals surface area contributed by atoms with Crippen LogP contribution >= 0.6 is 34.8 Å². The van der Waals surface area contributed by atoms with E-state index in [0.717, 1.165) is 28.8 Å². The summed E-state index contributed by atoms with van der Waals surface area (Å²) < 4.78 is 15.4. The number of aryl methyl sites for hydroxylation is 1. The smallest absolute Gasteiger partial charge is 0.178 e. The number of rotatable bonds is 4. The molecular formula is C12H15IN2OS2. The molecule has 0 aliphatic carbocycles. The minimum Gasteiger partial charge on any atom is -0.331 e. The van der Waals surface area contributed by atoms with Crippen molar-refractivity contribution in [1.82, 2.24) is 9.55 Å². The van der Waals surface area contributed by atoms with Crippen molar-refractivity contribution in [3.05, 3.63) is 26.5 Å². The van der Waals surface area contributed by atoms with Crippen molar-refractivity contribution in [3.63, 3.8) is 0 Å². The van der Waals surface area contributed by atoms with E-state index in [2.05, 4.69) is 50.3 Å². The molecule has 1 heterocycles. The number of nitrogens with zero attached hydrogens (tertiary/aromatic N) is 1. The molecule has 0 saturated heterocycles. The van der Waals surface area contributed by atoms with Gasteiger partial charge in [0, 0.05) is 32.4 Å². The van der Waals surface area contributed by atoms with Gasteiger partial charge in [-0.05, 0) is 59.4 Å². The summed E-state index contributed by atoms with van der Waals surface area (Å²) in [7, 11) is -0.775. The molecule has 3 nitrogen and oxygen atoms in total. The average molecular weight is 394 g/mol. The SMILES string of the molecule is CC(CCn1c(=S)[nH]c2cc(I)ccc21)S(C)=O. The molecule has 0 spiro atoms. The second kappa shape index (κ2) is 5.83. The van der Waals surface area contributed by atoms with E-state index in [-0.39, 0.29) is 5.25 Å². The summed E-state index contributed by atoms with van der Waals surface area (Å²) in [4.78, 5) is 3.22. The van der Waals surface area contributed by atoms with E-state index in [4.69, 9.17) is 12.2 Å². The van der Waals surface area contributed by atoms with E-state index in [1.807, 2.05) is 6.92 Å². The zero-order chi connectivity index (χ0) is 13.3. The van der Waals surface area contributed by atoms with Crippen molar-refractivity contribution >= 4 is 56.6 Å². The Morgan fingerprint density at radius 3 is 2.94 bits per heavy atom. The fraction of sp³-hybridized carbons (Fsp3) is 0.417. The van der Waals surface area contributed by atoms with Crippen LogP contribution < -0.4 is 0 Å². The zero-order valence-electron chi connectivity index (χ0n) is 10.3. The highest BCUT2D eigenvalue weighted by Gasteiger charge is 2.09. The monoisotopic (exact) mass is 394 g/mol. The van der Waals surface area contributed by atoms with Crippen LogP contribution in [0.25, 0.3) is 11.0 Å². The maximum absolute atomic E-state index is 11.4. The Hall–Kier alpha value is -0.210. The minimum atomic E-state index is -0.775. The van der Waals surface area contributed by atoms with Gasteiger partial charge in [0.05, 0.1) is 11.0 Å². The first-order valence-corrected chi connectivity index (χ1v) is 8.80. The van der Waals surface area contributed by atoms with Gasteiger partial charge in [-0.3, -0.25) is 4.21 Å². The molecule has 2 unspecified atom stereocenters. The molecule has 1 N–H and O–H groups in total. The van der Waals surface area contributed by atoms with E-state index < -0.39 is 10.8 Å². The Balaban J connectivity index is 2.31. The first-order chi connectivity index (χ1) is 8.49. The van der Waals surface area contributed by atoms with E-state index in [0.29, 0.717) is 0 Å². The Bertz CT molecular complexity index is 647. The molecule has 1 aromatic carbocycles. The molecule has 18 heavy (non-hydrogen) atoms. The number of hydrogen-bond acceptors (Lipinski definition) is 2. The lowest BCUT2D eigenvalue weighted by Crippen LogP contribution is -2.12. The van der Waals surface area contributed by atoms with Gasteiger partial charge in [-0.2, -0.15) is 0 Å². The zero-order valence-corrected chi connectivity index (χ0v) is 14.1. The van der Waals surface area contributed by atoms with Gasteiger partial charge in [0.15, 0.2) is 4.77 Å². The third-order valence-corrected chi connectivity index (χ3v) is 5.42. The van der Waals surface area contributed by atoms with Crippen LogP contribution in [-0.2, 0) is 17.3 Å². The molecule has 2 aromatic rings. The number of aromatic nitrogens is 2. The van der Waals surface area contributed by atoms with Gasteiger partial charge in [0.25, 0.3) is 0 Å². The molecule has 0 saturated carbocycles. The Morgan fingerprint density at radius 2 is 2.28 bits per heavy atom. The summed E-state index contributed by atoms with van der Waals surface area (Å²) in [6.45, 7) is 2.82. The van der Waals surface area contributed by atoms with Crippen molar-refractivity contribution in [2.24, 2.45) is 0 Å². The average Bonchev–Trinajstić information content (AvgIpc) is 2.60. The molecule has 0 radical (unpaired) electrons. The van der Waals surface area contributed by atoms with E-state index in [1.54, 1.807) is 6.26 Å². The number of hydrogen-bond donors (Lipinski definition) is 1. The quantitative estimate of drug-likeness (QED) is 0.637. The maximum atomic E-state index is 11.4. The fourth-order valence-electron chi connectivity index (χ4n) is 1.83. The summed E-state index contributed by atoms with van der Waals surface area (Å²) >= 11 is 7.63. The Kier molecular flexibility index (Phi) is 4.60. The minimum absolute atomic E-state index is 0.195. The van der Waals surface area contributed by atoms with Crippen molar-refractivity contribution in [3.8, 4) is 0 Å². The van der Waals surface area contributed by atoms with E-state index in [1.165, 1.54) is 3.57 Å². The van der Waals surface area contributed by atoms with Gasteiger partial charge < -0.3 is 9.55 Å². The largest absolute Gasteiger partial charge is 0.331 e. The van der Waals surface area contributed by atoms with E-state index >= 15 is 0 Å². The summed E-state index contributed by atoms with van der Waals surface area (Å²) in [5.74, 6) is 0. The van der Waals surface area contributed by atoms with Crippen LogP contribution in [0.3, 0.4) is 0 Å². The van der Waals surface area contributed by atoms with Crippen molar-refractivity contribution in [1.29, 1.82) is 0 Å². The van der Waals surface area contributed by atoms with Crippen LogP contribution in [0.2, 0.25) is 0 Å². The van der Waals surface area contributed by atoms with Crippen LogP contribution in [-0.4, -0.2) is 25.3 Å². The predicted molar refractivity (Wildman–Crippen MR) is 88.0 cm³/mol. The van der Waals surface area contributed by atoms with Gasteiger partial charge in [0.2, 0.25) is 0 Å². The lowest BCUT2D eigenvalue weighted by atomic mass is 10.3. The number of fused-ring (bicyclic) bond motifs is 1. The molecule has 2 atom stereocenters. The van der Waals surface area contributed by atoms with Crippen LogP contribution in [0.4, 0.5) is 0 Å². The number of nitrogens with one attached hydrogen (secondary N) is 1. The van der Waals surface area contributed by atoms with Gasteiger partial charge in [-0.1, -0.05) is 6.92 Å². The number of halogens is 1. The Morgan fingerprint density at radius 1 is 1.56 bits per heavy atom. The highest BCUT2D eigenvalue weighted by atomic mass is 127. The molecule has 0 aliphatic rings. The van der Waals surface area contributed by atoms with Crippen molar-refractivity contribution in [2.75, 3.05) is 6.26 Å². The van der Waals surface area contributed by atoms with Crippen LogP contribution in [0.15, 0.2) is 18.2 Å². The van der Waals surface area contributed by atoms with Crippen LogP contribution in [0, 0.1) is 8.34 Å². The second-order valence-corrected chi connectivity index (χ2v) is 7.78. The molecular weight excluding hydrogens is 379 g/mol. The second-order valence-electron chi connectivity index (χ2n) is 4.34. The summed E-state index contributed by atoms with van der Waals surface area (Å²) in [6, 6.07) is 6.24. The van der Waals surface area contributed by atoms with Gasteiger partial charge in [-0.25, -0.2) is 0 Å². The van der Waals surface area contributed by atoms with Crippen LogP contribution in [0.5, 0.6) is 0 Å². The topological polar surface area (TPSA) is 37.8 Å². The molecule has 1 aromatic heterocycles. The maximum Gasteiger partial charge on any atom is 0.178 e. The third-order valence-electron chi connectivity index (χ3n) is 3.06. The van der Waals surface area contributed by atoms with Crippen molar-refractivity contribution in [2.45, 2.75) is 25.1 Å². The highest BCUT2D eigenvalue weighted by Crippen LogP contribution is 2.18. The number of H-pyrrole nitrogens is 1. The molecule has 0 fully saturated rings. The first-order valence-electron chi connectivity index (χ1n) is 5.69. The van der Waals surface area contributed by atoms with Gasteiger partial charge in [-0.15, -0.1) is 0 Å². The lowest BCUT2D eigenvalue weighted by Gasteiger charge is -2.09. The number of imidazole rings is 1.